The van der Waals surface area contributed by atoms with Crippen molar-refractivity contribution < 1.29 is 9.13 Å². The first-order valence-electron chi connectivity index (χ1n) is 6.30. The second-order valence-electron chi connectivity index (χ2n) is 4.66. The highest BCUT2D eigenvalue weighted by molar-refractivity contribution is 6.17. The van der Waals surface area contributed by atoms with E-state index in [-0.39, 0.29) is 11.9 Å². The second-order valence-corrected chi connectivity index (χ2v) is 4.93. The summed E-state index contributed by atoms with van der Waals surface area (Å²) in [5, 5.41) is 0. The fraction of sp³-hybridized carbons (Fsp3) is 0.571. The van der Waals surface area contributed by atoms with Crippen LogP contribution >= 0.6 is 11.6 Å². The van der Waals surface area contributed by atoms with Crippen LogP contribution in [0, 0.1) is 5.82 Å². The van der Waals surface area contributed by atoms with Crippen LogP contribution in [0.4, 0.5) is 4.39 Å². The van der Waals surface area contributed by atoms with Crippen molar-refractivity contribution in [3.05, 3.63) is 29.6 Å². The maximum atomic E-state index is 13.3. The van der Waals surface area contributed by atoms with E-state index in [0.29, 0.717) is 11.6 Å². The summed E-state index contributed by atoms with van der Waals surface area (Å²) in [4.78, 5) is 0. The molecule has 0 amide bonds. The standard InChI is InChI=1S/C14H18ClFO/c15-10-11-7-12(16)9-14(8-11)17-13-5-3-1-2-4-6-13/h7-9,13H,1-6,10H2. The lowest BCUT2D eigenvalue weighted by Crippen LogP contribution is -2.15. The number of halogens is 2. The first kappa shape index (κ1) is 12.7. The zero-order chi connectivity index (χ0) is 12.1. The summed E-state index contributed by atoms with van der Waals surface area (Å²) in [7, 11) is 0. The van der Waals surface area contributed by atoms with Crippen LogP contribution in [0.25, 0.3) is 0 Å². The second kappa shape index (κ2) is 6.25. The highest BCUT2D eigenvalue weighted by Gasteiger charge is 2.14. The molecule has 2 rings (SSSR count). The summed E-state index contributed by atoms with van der Waals surface area (Å²) < 4.78 is 19.2. The highest BCUT2D eigenvalue weighted by Crippen LogP contribution is 2.24. The van der Waals surface area contributed by atoms with Crippen LogP contribution in [0.5, 0.6) is 5.75 Å². The smallest absolute Gasteiger partial charge is 0.127 e. The van der Waals surface area contributed by atoms with Gasteiger partial charge in [0.15, 0.2) is 0 Å². The largest absolute Gasteiger partial charge is 0.490 e. The van der Waals surface area contributed by atoms with Gasteiger partial charge in [0, 0.05) is 11.9 Å². The van der Waals surface area contributed by atoms with E-state index in [1.807, 2.05) is 6.07 Å². The number of benzene rings is 1. The lowest BCUT2D eigenvalue weighted by atomic mass is 10.1. The molecule has 0 unspecified atom stereocenters. The third-order valence-corrected chi connectivity index (χ3v) is 3.50. The van der Waals surface area contributed by atoms with Gasteiger partial charge in [0.05, 0.1) is 6.10 Å². The topological polar surface area (TPSA) is 9.23 Å². The van der Waals surface area contributed by atoms with Crippen molar-refractivity contribution in [3.8, 4) is 5.75 Å². The van der Waals surface area contributed by atoms with Crippen LogP contribution in [0.3, 0.4) is 0 Å². The Balaban J connectivity index is 2.03. The van der Waals surface area contributed by atoms with E-state index >= 15 is 0 Å². The number of hydrogen-bond acceptors (Lipinski definition) is 1. The molecule has 0 spiro atoms. The summed E-state index contributed by atoms with van der Waals surface area (Å²) in [6, 6.07) is 4.73. The zero-order valence-electron chi connectivity index (χ0n) is 9.92. The molecule has 3 heteroatoms. The summed E-state index contributed by atoms with van der Waals surface area (Å²) in [6.07, 6.45) is 7.39. The molecule has 1 fully saturated rings. The Morgan fingerprint density at radius 2 is 1.82 bits per heavy atom. The Morgan fingerprint density at radius 3 is 2.47 bits per heavy atom. The Kier molecular flexibility index (Phi) is 4.66. The number of hydrogen-bond donors (Lipinski definition) is 0. The summed E-state index contributed by atoms with van der Waals surface area (Å²) in [6.45, 7) is 0. The summed E-state index contributed by atoms with van der Waals surface area (Å²) in [5.41, 5.74) is 0.773. The van der Waals surface area contributed by atoms with Gasteiger partial charge in [-0.05, 0) is 43.4 Å². The quantitative estimate of drug-likeness (QED) is 0.564. The van der Waals surface area contributed by atoms with Crippen LogP contribution in [0.15, 0.2) is 18.2 Å². The minimum Gasteiger partial charge on any atom is -0.490 e. The normalized spacial score (nSPS) is 17.8. The predicted octanol–water partition coefficient (Wildman–Crippen LogP) is 4.67. The van der Waals surface area contributed by atoms with Gasteiger partial charge in [0.1, 0.15) is 11.6 Å². The molecular formula is C14H18ClFO. The lowest BCUT2D eigenvalue weighted by Gasteiger charge is -2.17. The van der Waals surface area contributed by atoms with Gasteiger partial charge in [-0.3, -0.25) is 0 Å². The van der Waals surface area contributed by atoms with Crippen molar-refractivity contribution in [1.29, 1.82) is 0 Å². The van der Waals surface area contributed by atoms with E-state index in [4.69, 9.17) is 16.3 Å². The van der Waals surface area contributed by atoms with Gasteiger partial charge < -0.3 is 4.74 Å². The van der Waals surface area contributed by atoms with E-state index in [2.05, 4.69) is 0 Å². The van der Waals surface area contributed by atoms with Gasteiger partial charge in [0.2, 0.25) is 0 Å². The van der Waals surface area contributed by atoms with E-state index < -0.39 is 0 Å². The molecule has 0 radical (unpaired) electrons. The van der Waals surface area contributed by atoms with E-state index in [1.165, 1.54) is 37.8 Å². The minimum atomic E-state index is -0.272. The Morgan fingerprint density at radius 1 is 1.12 bits per heavy atom. The first-order valence-corrected chi connectivity index (χ1v) is 6.83. The van der Waals surface area contributed by atoms with Crippen LogP contribution in [0.2, 0.25) is 0 Å². The molecular weight excluding hydrogens is 239 g/mol. The Bertz CT molecular complexity index is 359. The van der Waals surface area contributed by atoms with Crippen molar-refractivity contribution in [3.63, 3.8) is 0 Å². The molecule has 1 aliphatic carbocycles. The molecule has 0 aromatic heterocycles. The number of ether oxygens (including phenoxy) is 1. The lowest BCUT2D eigenvalue weighted by molar-refractivity contribution is 0.183. The third kappa shape index (κ3) is 3.88. The molecule has 1 nitrogen and oxygen atoms in total. The molecule has 0 heterocycles. The van der Waals surface area contributed by atoms with Gasteiger partial charge in [-0.25, -0.2) is 4.39 Å². The van der Waals surface area contributed by atoms with Crippen LogP contribution < -0.4 is 4.74 Å². The third-order valence-electron chi connectivity index (χ3n) is 3.19. The molecule has 17 heavy (non-hydrogen) atoms. The fourth-order valence-corrected chi connectivity index (χ4v) is 2.47. The molecule has 0 saturated heterocycles. The van der Waals surface area contributed by atoms with Gasteiger partial charge in [-0.2, -0.15) is 0 Å². The molecule has 0 bridgehead atoms. The molecule has 1 saturated carbocycles. The molecule has 0 aliphatic heterocycles. The van der Waals surface area contributed by atoms with Gasteiger partial charge in [-0.15, -0.1) is 11.6 Å². The molecule has 1 aromatic rings. The SMILES string of the molecule is Fc1cc(CCl)cc(OC2CCCCCC2)c1. The Labute approximate surface area is 107 Å². The molecule has 0 N–H and O–H groups in total. The van der Waals surface area contributed by atoms with E-state index in [0.717, 1.165) is 18.4 Å². The maximum Gasteiger partial charge on any atom is 0.127 e. The first-order chi connectivity index (χ1) is 8.28. The van der Waals surface area contributed by atoms with Crippen molar-refractivity contribution in [2.24, 2.45) is 0 Å². The average Bonchev–Trinajstić information content (AvgIpc) is 2.57. The van der Waals surface area contributed by atoms with Gasteiger partial charge in [-0.1, -0.05) is 12.8 Å². The monoisotopic (exact) mass is 256 g/mol. The van der Waals surface area contributed by atoms with E-state index in [9.17, 15) is 4.39 Å². The number of rotatable bonds is 3. The molecule has 1 aliphatic rings. The van der Waals surface area contributed by atoms with Gasteiger partial charge in [0.25, 0.3) is 0 Å². The molecule has 1 aromatic carbocycles. The van der Waals surface area contributed by atoms with Crippen molar-refractivity contribution >= 4 is 11.6 Å². The van der Waals surface area contributed by atoms with Crippen LogP contribution in [-0.2, 0) is 5.88 Å². The average molecular weight is 257 g/mol. The minimum absolute atomic E-state index is 0.238. The van der Waals surface area contributed by atoms with E-state index in [1.54, 1.807) is 0 Å². The van der Waals surface area contributed by atoms with Crippen molar-refractivity contribution in [2.45, 2.75) is 50.5 Å². The van der Waals surface area contributed by atoms with Crippen molar-refractivity contribution in [1.82, 2.24) is 0 Å². The van der Waals surface area contributed by atoms with Gasteiger partial charge >= 0.3 is 0 Å². The summed E-state index contributed by atoms with van der Waals surface area (Å²) in [5.74, 6) is 0.665. The summed E-state index contributed by atoms with van der Waals surface area (Å²) >= 11 is 5.72. The number of alkyl halides is 1. The fourth-order valence-electron chi connectivity index (χ4n) is 2.32. The maximum absolute atomic E-state index is 13.3. The highest BCUT2D eigenvalue weighted by atomic mass is 35.5. The van der Waals surface area contributed by atoms with Crippen LogP contribution in [-0.4, -0.2) is 6.10 Å². The van der Waals surface area contributed by atoms with Crippen molar-refractivity contribution in [2.75, 3.05) is 0 Å². The molecule has 0 atom stereocenters. The predicted molar refractivity (Wildman–Crippen MR) is 68.1 cm³/mol. The molecule has 94 valence electrons. The Hall–Kier alpha value is -0.760. The zero-order valence-corrected chi connectivity index (χ0v) is 10.7. The van der Waals surface area contributed by atoms with Crippen LogP contribution in [0.1, 0.15) is 44.1 Å².